The van der Waals surface area contributed by atoms with Crippen LogP contribution >= 0.6 is 0 Å². The quantitative estimate of drug-likeness (QED) is 0.143. The Morgan fingerprint density at radius 1 is 0.943 bits per heavy atom. The zero-order valence-corrected chi connectivity index (χ0v) is 30.8. The third-order valence-electron chi connectivity index (χ3n) is 9.35. The molecule has 7 unspecified atom stereocenters. The number of phenolic OH excluding ortho intramolecular Hbond substituents is 1. The van der Waals surface area contributed by atoms with Crippen LogP contribution in [-0.2, 0) is 40.0 Å². The molecule has 1 fully saturated rings. The summed E-state index contributed by atoms with van der Waals surface area (Å²) in [6, 6.07) is -0.450. The van der Waals surface area contributed by atoms with Gasteiger partial charge in [0.05, 0.1) is 19.2 Å². The molecule has 7 atom stereocenters. The van der Waals surface area contributed by atoms with Crippen LogP contribution in [0.15, 0.2) is 29.3 Å². The number of benzene rings is 1. The first-order valence-corrected chi connectivity index (χ1v) is 18.1. The van der Waals surface area contributed by atoms with Gasteiger partial charge in [0.25, 0.3) is 0 Å². The molecule has 292 valence electrons. The van der Waals surface area contributed by atoms with Crippen LogP contribution in [0.3, 0.4) is 0 Å². The van der Waals surface area contributed by atoms with E-state index in [4.69, 9.17) is 5.73 Å². The molecule has 0 aliphatic carbocycles. The summed E-state index contributed by atoms with van der Waals surface area (Å²) >= 11 is 0. The van der Waals surface area contributed by atoms with Crippen molar-refractivity contribution in [2.24, 2.45) is 22.6 Å². The van der Waals surface area contributed by atoms with E-state index in [9.17, 15) is 43.8 Å². The maximum atomic E-state index is 13.8. The summed E-state index contributed by atoms with van der Waals surface area (Å²) in [5.74, 6) is -5.24. The first-order chi connectivity index (χ1) is 25.1. The van der Waals surface area contributed by atoms with Gasteiger partial charge in [0.15, 0.2) is 0 Å². The Morgan fingerprint density at radius 2 is 1.64 bits per heavy atom. The highest BCUT2D eigenvalue weighted by Gasteiger charge is 2.39. The van der Waals surface area contributed by atoms with Crippen molar-refractivity contribution in [3.63, 3.8) is 0 Å². The smallest absolute Gasteiger partial charge is 0.248 e. The number of aliphatic hydroxyl groups is 1. The van der Waals surface area contributed by atoms with Gasteiger partial charge in [0, 0.05) is 25.6 Å². The number of nitrogens with zero attached hydrogens (tertiary/aromatic N) is 2. The van der Waals surface area contributed by atoms with Crippen molar-refractivity contribution in [2.75, 3.05) is 19.7 Å². The molecule has 2 aliphatic heterocycles. The van der Waals surface area contributed by atoms with Crippen LogP contribution < -0.4 is 32.3 Å². The zero-order valence-electron chi connectivity index (χ0n) is 30.8. The van der Waals surface area contributed by atoms with E-state index in [-0.39, 0.29) is 37.5 Å². The first kappa shape index (κ1) is 42.4. The summed E-state index contributed by atoms with van der Waals surface area (Å²) in [6.07, 6.45) is 2.72. The summed E-state index contributed by atoms with van der Waals surface area (Å²) in [5, 5.41) is 33.1. The van der Waals surface area contributed by atoms with Gasteiger partial charge in [-0.05, 0) is 55.2 Å². The summed E-state index contributed by atoms with van der Waals surface area (Å²) in [5.41, 5.74) is 5.98. The van der Waals surface area contributed by atoms with E-state index in [2.05, 4.69) is 31.6 Å². The maximum Gasteiger partial charge on any atom is 0.248 e. The van der Waals surface area contributed by atoms with Crippen molar-refractivity contribution in [2.45, 2.75) is 109 Å². The lowest BCUT2D eigenvalue weighted by Crippen LogP contribution is -2.60. The minimum Gasteiger partial charge on any atom is -0.508 e. The van der Waals surface area contributed by atoms with Crippen molar-refractivity contribution in [3.05, 3.63) is 29.8 Å². The van der Waals surface area contributed by atoms with Crippen molar-refractivity contribution in [3.8, 4) is 5.75 Å². The Bertz CT molecular complexity index is 1500. The van der Waals surface area contributed by atoms with Crippen LogP contribution in [0, 0.1) is 11.8 Å². The number of fused-ring (bicyclic) bond motifs is 1. The summed E-state index contributed by atoms with van der Waals surface area (Å²) < 4.78 is 0. The van der Waals surface area contributed by atoms with Gasteiger partial charge < -0.3 is 47.4 Å². The van der Waals surface area contributed by atoms with E-state index in [1.165, 1.54) is 23.2 Å². The molecule has 7 amide bonds. The topological polar surface area (TPSA) is 262 Å². The maximum absolute atomic E-state index is 13.8. The van der Waals surface area contributed by atoms with Crippen molar-refractivity contribution >= 4 is 47.6 Å². The molecular weight excluding hydrogens is 688 g/mol. The largest absolute Gasteiger partial charge is 0.508 e. The van der Waals surface area contributed by atoms with Crippen LogP contribution in [0.5, 0.6) is 5.75 Å². The molecule has 0 bridgehead atoms. The highest BCUT2D eigenvalue weighted by atomic mass is 16.3. The summed E-state index contributed by atoms with van der Waals surface area (Å²) in [6.45, 7) is 6.22. The standard InChI is InChI=1S/C36H54N8O9/c1-5-21(4)31-35(52)42-27(19-45)36(53)44-14-6-7-28(44)34(51)40-23(15-20(2)3)17-38-26(16-22-8-10-24(46)11-9-22)32(49)39-18-30(48)41-25(33(50)43-31)12-13-29(37)47/h8-11,17,20-21,23,25-28,31,45-46H,5-7,12-16,18-19H2,1-4H3,(H2,37,47)(H,39,49)(H,40,51)(H,41,48)(H,42,52)(H,43,50). The number of primary amides is 1. The number of nitrogens with one attached hydrogen (secondary N) is 5. The van der Waals surface area contributed by atoms with Crippen LogP contribution in [-0.4, -0.2) is 119 Å². The van der Waals surface area contributed by atoms with Crippen LogP contribution in [0.25, 0.3) is 0 Å². The summed E-state index contributed by atoms with van der Waals surface area (Å²) in [7, 11) is 0. The van der Waals surface area contributed by atoms with Gasteiger partial charge in [-0.2, -0.15) is 0 Å². The van der Waals surface area contributed by atoms with E-state index in [0.29, 0.717) is 31.2 Å². The van der Waals surface area contributed by atoms with Gasteiger partial charge >= 0.3 is 0 Å². The lowest BCUT2D eigenvalue weighted by molar-refractivity contribution is -0.143. The van der Waals surface area contributed by atoms with Gasteiger partial charge in [-0.25, -0.2) is 0 Å². The Kier molecular flexibility index (Phi) is 16.2. The number of aliphatic imine (C=N–C) groups is 1. The van der Waals surface area contributed by atoms with E-state index >= 15 is 0 Å². The van der Waals surface area contributed by atoms with Gasteiger partial charge in [-0.15, -0.1) is 0 Å². The average molecular weight is 743 g/mol. The third kappa shape index (κ3) is 12.8. The zero-order chi connectivity index (χ0) is 39.2. The Balaban J connectivity index is 2.04. The lowest BCUT2D eigenvalue weighted by atomic mass is 9.97. The minimum atomic E-state index is -1.43. The number of phenols is 1. The van der Waals surface area contributed by atoms with E-state index in [1.807, 2.05) is 13.8 Å². The van der Waals surface area contributed by atoms with Gasteiger partial charge in [-0.3, -0.25) is 38.6 Å². The first-order valence-electron chi connectivity index (χ1n) is 18.1. The number of hydrogen-bond acceptors (Lipinski definition) is 10. The van der Waals surface area contributed by atoms with Crippen molar-refractivity contribution in [1.29, 1.82) is 0 Å². The Morgan fingerprint density at radius 3 is 2.26 bits per heavy atom. The van der Waals surface area contributed by atoms with Crippen molar-refractivity contribution in [1.82, 2.24) is 31.5 Å². The fourth-order valence-corrected chi connectivity index (χ4v) is 6.21. The highest BCUT2D eigenvalue weighted by molar-refractivity contribution is 5.97. The predicted octanol–water partition coefficient (Wildman–Crippen LogP) is -1.22. The number of nitrogens with two attached hydrogens (primary N) is 1. The molecule has 1 saturated heterocycles. The Hall–Kier alpha value is -5.06. The molecule has 1 aromatic rings. The second-order valence-electron chi connectivity index (χ2n) is 14.1. The van der Waals surface area contributed by atoms with Crippen molar-refractivity contribution < 1.29 is 43.8 Å². The molecule has 0 spiro atoms. The third-order valence-corrected chi connectivity index (χ3v) is 9.35. The molecule has 17 heteroatoms. The number of rotatable bonds is 10. The molecule has 0 saturated carbocycles. The molecule has 1 aromatic carbocycles. The number of carbonyl (C=O) groups is 7. The molecule has 2 aliphatic rings. The molecule has 53 heavy (non-hydrogen) atoms. The minimum absolute atomic E-state index is 0.0280. The number of aliphatic hydroxyl groups excluding tert-OH is 1. The fraction of sp³-hybridized carbons (Fsp3) is 0.611. The van der Waals surface area contributed by atoms with Crippen LogP contribution in [0.1, 0.15) is 71.8 Å². The van der Waals surface area contributed by atoms with Gasteiger partial charge in [0.2, 0.25) is 41.4 Å². The second-order valence-corrected chi connectivity index (χ2v) is 14.1. The highest BCUT2D eigenvalue weighted by Crippen LogP contribution is 2.20. The SMILES string of the molecule is CCC(C)C1NC(=O)C(CCC(N)=O)NC(=O)CNC(=O)C(Cc2ccc(O)cc2)N=CC(CC(C)C)NC(=O)C2CCCN2C(=O)C(CO)NC1=O. The van der Waals surface area contributed by atoms with E-state index in [1.54, 1.807) is 26.0 Å². The fourth-order valence-electron chi connectivity index (χ4n) is 6.21. The second kappa shape index (κ2) is 20.3. The average Bonchev–Trinajstić information content (AvgIpc) is 3.61. The molecule has 0 aromatic heterocycles. The molecule has 3 rings (SSSR count). The number of hydrogen-bond donors (Lipinski definition) is 8. The number of amides is 7. The molecule has 0 radical (unpaired) electrons. The monoisotopic (exact) mass is 742 g/mol. The van der Waals surface area contributed by atoms with Gasteiger partial charge in [0.1, 0.15) is 36.0 Å². The predicted molar refractivity (Wildman–Crippen MR) is 194 cm³/mol. The summed E-state index contributed by atoms with van der Waals surface area (Å²) in [4.78, 5) is 98.8. The van der Waals surface area contributed by atoms with E-state index < -0.39 is 96.7 Å². The Labute approximate surface area is 309 Å². The van der Waals surface area contributed by atoms with E-state index in [0.717, 1.165) is 0 Å². The van der Waals surface area contributed by atoms with Gasteiger partial charge in [-0.1, -0.05) is 46.2 Å². The number of aromatic hydroxyl groups is 1. The molecule has 2 heterocycles. The normalized spacial score (nSPS) is 26.0. The molecule has 9 N–H and O–H groups in total. The lowest BCUT2D eigenvalue weighted by Gasteiger charge is -2.31. The van der Waals surface area contributed by atoms with Crippen LogP contribution in [0.4, 0.5) is 0 Å². The van der Waals surface area contributed by atoms with Crippen LogP contribution in [0.2, 0.25) is 0 Å². The molecular formula is C36H54N8O9. The molecule has 17 nitrogen and oxygen atoms in total. The number of carbonyl (C=O) groups excluding carboxylic acids is 7.